The topological polar surface area (TPSA) is 59.9 Å². The summed E-state index contributed by atoms with van der Waals surface area (Å²) in [4.78, 5) is 6.84. The van der Waals surface area contributed by atoms with Crippen molar-refractivity contribution >= 4 is 29.9 Å². The number of hydrogen-bond acceptors (Lipinski definition) is 3. The third-order valence-corrected chi connectivity index (χ3v) is 4.01. The maximum absolute atomic E-state index is 12.9. The van der Waals surface area contributed by atoms with Gasteiger partial charge in [-0.1, -0.05) is 12.1 Å². The number of aliphatic hydroxyl groups excluding tert-OH is 1. The molecular formula is C19H34FIN4O. The molecule has 0 bridgehead atoms. The van der Waals surface area contributed by atoms with E-state index in [9.17, 15) is 9.50 Å². The minimum Gasteiger partial charge on any atom is -0.386 e. The average molecular weight is 480 g/mol. The molecule has 0 fully saturated rings. The molecule has 5 nitrogen and oxygen atoms in total. The van der Waals surface area contributed by atoms with Crippen LogP contribution in [-0.4, -0.2) is 54.2 Å². The fourth-order valence-corrected chi connectivity index (χ4v) is 2.73. The number of guanidine groups is 1. The fourth-order valence-electron chi connectivity index (χ4n) is 2.73. The van der Waals surface area contributed by atoms with Crippen LogP contribution in [0.15, 0.2) is 29.3 Å². The van der Waals surface area contributed by atoms with Gasteiger partial charge in [-0.15, -0.1) is 24.0 Å². The highest BCUT2D eigenvalue weighted by Gasteiger charge is 2.13. The molecule has 1 aromatic carbocycles. The molecule has 7 heteroatoms. The molecule has 0 radical (unpaired) electrons. The third-order valence-electron chi connectivity index (χ3n) is 4.01. The molecule has 0 saturated carbocycles. The van der Waals surface area contributed by atoms with Gasteiger partial charge in [0.1, 0.15) is 5.82 Å². The smallest absolute Gasteiger partial charge is 0.191 e. The van der Waals surface area contributed by atoms with Gasteiger partial charge in [0.05, 0.1) is 12.6 Å². The largest absolute Gasteiger partial charge is 0.386 e. The van der Waals surface area contributed by atoms with E-state index >= 15 is 0 Å². The molecule has 0 spiro atoms. The molecule has 26 heavy (non-hydrogen) atoms. The van der Waals surface area contributed by atoms with Gasteiger partial charge >= 0.3 is 0 Å². The van der Waals surface area contributed by atoms with E-state index in [1.165, 1.54) is 12.1 Å². The SMILES string of the molecule is CCNC(=NCC(O)c1ccc(F)cc1)NCCN(C(C)C)C(C)C.I. The van der Waals surface area contributed by atoms with Crippen molar-refractivity contribution in [1.29, 1.82) is 0 Å². The van der Waals surface area contributed by atoms with Gasteiger partial charge in [-0.25, -0.2) is 4.39 Å². The Hall–Kier alpha value is -0.930. The van der Waals surface area contributed by atoms with Crippen LogP contribution < -0.4 is 10.6 Å². The molecule has 0 aliphatic rings. The van der Waals surface area contributed by atoms with Crippen LogP contribution in [-0.2, 0) is 0 Å². The van der Waals surface area contributed by atoms with Gasteiger partial charge in [0.2, 0.25) is 0 Å². The summed E-state index contributed by atoms with van der Waals surface area (Å²) in [5, 5.41) is 16.7. The number of halogens is 2. The van der Waals surface area contributed by atoms with Crippen molar-refractivity contribution in [3.05, 3.63) is 35.6 Å². The number of hydrogen-bond donors (Lipinski definition) is 3. The van der Waals surface area contributed by atoms with Gasteiger partial charge in [-0.05, 0) is 52.3 Å². The summed E-state index contributed by atoms with van der Waals surface area (Å²) in [5.41, 5.74) is 0.659. The van der Waals surface area contributed by atoms with Crippen LogP contribution in [0.4, 0.5) is 4.39 Å². The first-order valence-corrected chi connectivity index (χ1v) is 9.06. The highest BCUT2D eigenvalue weighted by atomic mass is 127. The molecule has 0 aliphatic carbocycles. The normalized spacial score (nSPS) is 13.1. The van der Waals surface area contributed by atoms with Crippen LogP contribution in [0.5, 0.6) is 0 Å². The lowest BCUT2D eigenvalue weighted by molar-refractivity contribution is 0.178. The Morgan fingerprint density at radius 2 is 1.69 bits per heavy atom. The fraction of sp³-hybridized carbons (Fsp3) is 0.632. The zero-order valence-corrected chi connectivity index (χ0v) is 18.8. The van der Waals surface area contributed by atoms with Crippen LogP contribution in [0.25, 0.3) is 0 Å². The van der Waals surface area contributed by atoms with Gasteiger partial charge < -0.3 is 15.7 Å². The zero-order chi connectivity index (χ0) is 18.8. The van der Waals surface area contributed by atoms with E-state index in [4.69, 9.17) is 0 Å². The zero-order valence-electron chi connectivity index (χ0n) is 16.5. The van der Waals surface area contributed by atoms with E-state index in [1.54, 1.807) is 12.1 Å². The van der Waals surface area contributed by atoms with Gasteiger partial charge in [0, 0.05) is 31.7 Å². The Balaban J connectivity index is 0.00000625. The molecular weight excluding hydrogens is 446 g/mol. The summed E-state index contributed by atoms with van der Waals surface area (Å²) in [6.07, 6.45) is -0.751. The van der Waals surface area contributed by atoms with E-state index in [-0.39, 0.29) is 36.3 Å². The maximum Gasteiger partial charge on any atom is 0.191 e. The van der Waals surface area contributed by atoms with E-state index in [2.05, 4.69) is 48.2 Å². The number of nitrogens with zero attached hydrogens (tertiary/aromatic N) is 2. The lowest BCUT2D eigenvalue weighted by atomic mass is 10.1. The van der Waals surface area contributed by atoms with Crippen molar-refractivity contribution in [2.24, 2.45) is 4.99 Å². The highest BCUT2D eigenvalue weighted by molar-refractivity contribution is 14.0. The average Bonchev–Trinajstić information content (AvgIpc) is 2.56. The van der Waals surface area contributed by atoms with E-state index in [0.717, 1.165) is 19.6 Å². The Kier molecular flexibility index (Phi) is 12.8. The van der Waals surface area contributed by atoms with E-state index in [0.29, 0.717) is 23.6 Å². The van der Waals surface area contributed by atoms with Crippen LogP contribution in [0.3, 0.4) is 0 Å². The van der Waals surface area contributed by atoms with Crippen LogP contribution >= 0.6 is 24.0 Å². The summed E-state index contributed by atoms with van der Waals surface area (Å²) >= 11 is 0. The lowest BCUT2D eigenvalue weighted by Gasteiger charge is -2.30. The second kappa shape index (κ2) is 13.3. The van der Waals surface area contributed by atoms with E-state index < -0.39 is 6.10 Å². The number of nitrogens with one attached hydrogen (secondary N) is 2. The van der Waals surface area contributed by atoms with E-state index in [1.807, 2.05) is 6.92 Å². The maximum atomic E-state index is 12.9. The molecule has 0 aromatic heterocycles. The predicted octanol–water partition coefficient (Wildman–Crippen LogP) is 3.15. The monoisotopic (exact) mass is 480 g/mol. The first-order chi connectivity index (χ1) is 11.8. The molecule has 0 heterocycles. The van der Waals surface area contributed by atoms with Crippen molar-refractivity contribution in [3.63, 3.8) is 0 Å². The number of benzene rings is 1. The van der Waals surface area contributed by atoms with Crippen molar-refractivity contribution in [2.75, 3.05) is 26.2 Å². The summed E-state index contributed by atoms with van der Waals surface area (Å²) in [5.74, 6) is 0.366. The van der Waals surface area contributed by atoms with Crippen LogP contribution in [0.1, 0.15) is 46.3 Å². The Bertz CT molecular complexity index is 515. The summed E-state index contributed by atoms with van der Waals surface area (Å²) < 4.78 is 12.9. The van der Waals surface area contributed by atoms with Crippen molar-refractivity contribution in [1.82, 2.24) is 15.5 Å². The van der Waals surface area contributed by atoms with Crippen LogP contribution in [0, 0.1) is 5.82 Å². The predicted molar refractivity (Wildman–Crippen MR) is 118 cm³/mol. The molecule has 1 unspecified atom stereocenters. The molecule has 1 atom stereocenters. The number of aliphatic hydroxyl groups is 1. The Morgan fingerprint density at radius 1 is 1.12 bits per heavy atom. The first kappa shape index (κ1) is 25.1. The summed E-state index contributed by atoms with van der Waals surface area (Å²) in [7, 11) is 0. The molecule has 0 saturated heterocycles. The quantitative estimate of drug-likeness (QED) is 0.289. The molecule has 0 amide bonds. The Labute approximate surface area is 174 Å². The molecule has 1 aromatic rings. The van der Waals surface area contributed by atoms with Crippen LogP contribution in [0.2, 0.25) is 0 Å². The number of aliphatic imine (C=N–C) groups is 1. The minimum atomic E-state index is -0.751. The first-order valence-electron chi connectivity index (χ1n) is 9.06. The van der Waals surface area contributed by atoms with Gasteiger partial charge in [-0.3, -0.25) is 9.89 Å². The lowest BCUT2D eigenvalue weighted by Crippen LogP contribution is -2.45. The minimum absolute atomic E-state index is 0. The number of rotatable bonds is 9. The third kappa shape index (κ3) is 9.14. The molecule has 0 aliphatic heterocycles. The summed E-state index contributed by atoms with van der Waals surface area (Å²) in [6, 6.07) is 6.83. The highest BCUT2D eigenvalue weighted by Crippen LogP contribution is 2.13. The molecule has 3 N–H and O–H groups in total. The standard InChI is InChI=1S/C19H33FN4O.HI/c1-6-21-19(22-11-12-24(14(2)3)15(4)5)23-13-18(25)16-7-9-17(20)10-8-16;/h7-10,14-15,18,25H,6,11-13H2,1-5H3,(H2,21,22,23);1H. The van der Waals surface area contributed by atoms with Crippen molar-refractivity contribution in [2.45, 2.75) is 52.8 Å². The Morgan fingerprint density at radius 3 is 2.19 bits per heavy atom. The van der Waals surface area contributed by atoms with Crippen molar-refractivity contribution in [3.8, 4) is 0 Å². The summed E-state index contributed by atoms with van der Waals surface area (Å²) in [6.45, 7) is 13.4. The second-order valence-electron chi connectivity index (χ2n) is 6.64. The van der Waals surface area contributed by atoms with Gasteiger partial charge in [0.15, 0.2) is 5.96 Å². The molecule has 150 valence electrons. The molecule has 1 rings (SSSR count). The van der Waals surface area contributed by atoms with Gasteiger partial charge in [-0.2, -0.15) is 0 Å². The van der Waals surface area contributed by atoms with Crippen molar-refractivity contribution < 1.29 is 9.50 Å². The van der Waals surface area contributed by atoms with Gasteiger partial charge in [0.25, 0.3) is 0 Å². The second-order valence-corrected chi connectivity index (χ2v) is 6.64.